The minimum Gasteiger partial charge on any atom is -0.369 e. The summed E-state index contributed by atoms with van der Waals surface area (Å²) in [5, 5.41) is 0. The van der Waals surface area contributed by atoms with Gasteiger partial charge >= 0.3 is 0 Å². The Bertz CT molecular complexity index is 431. The standard InChI is InChI=1S/C16H26N2O/c1-7-18(8-2)15(19)13-11-9-10-12-14(13)17(6)16(3,4)5/h9-12H,7-8H2,1-6H3. The largest absolute Gasteiger partial charge is 0.369 e. The van der Waals surface area contributed by atoms with E-state index in [0.717, 1.165) is 24.3 Å². The van der Waals surface area contributed by atoms with E-state index in [1.165, 1.54) is 0 Å². The van der Waals surface area contributed by atoms with Crippen LogP contribution in [0.1, 0.15) is 45.0 Å². The average molecular weight is 262 g/mol. The third-order valence-electron chi connectivity index (χ3n) is 3.55. The molecule has 0 unspecified atom stereocenters. The molecule has 106 valence electrons. The van der Waals surface area contributed by atoms with E-state index in [9.17, 15) is 4.79 Å². The number of para-hydroxylation sites is 1. The van der Waals surface area contributed by atoms with Crippen LogP contribution < -0.4 is 4.90 Å². The molecule has 0 fully saturated rings. The summed E-state index contributed by atoms with van der Waals surface area (Å²) in [6, 6.07) is 7.84. The van der Waals surface area contributed by atoms with E-state index in [4.69, 9.17) is 0 Å². The van der Waals surface area contributed by atoms with Crippen molar-refractivity contribution in [1.82, 2.24) is 4.90 Å². The maximum Gasteiger partial charge on any atom is 0.255 e. The molecule has 1 amide bonds. The molecule has 0 spiro atoms. The topological polar surface area (TPSA) is 23.6 Å². The van der Waals surface area contributed by atoms with Gasteiger partial charge in [-0.3, -0.25) is 4.79 Å². The summed E-state index contributed by atoms with van der Waals surface area (Å²) in [7, 11) is 2.04. The fraction of sp³-hybridized carbons (Fsp3) is 0.562. The summed E-state index contributed by atoms with van der Waals surface area (Å²) in [6.45, 7) is 11.9. The molecule has 19 heavy (non-hydrogen) atoms. The first-order valence-corrected chi connectivity index (χ1v) is 6.95. The molecule has 3 heteroatoms. The predicted octanol–water partition coefficient (Wildman–Crippen LogP) is 3.40. The number of rotatable bonds is 4. The van der Waals surface area contributed by atoms with Crippen molar-refractivity contribution in [2.24, 2.45) is 0 Å². The van der Waals surface area contributed by atoms with E-state index in [1.54, 1.807) is 0 Å². The van der Waals surface area contributed by atoms with Crippen LogP contribution in [0.4, 0.5) is 5.69 Å². The van der Waals surface area contributed by atoms with Crippen molar-refractivity contribution in [2.45, 2.75) is 40.2 Å². The minimum atomic E-state index is -0.0142. The van der Waals surface area contributed by atoms with Crippen LogP contribution in [0.2, 0.25) is 0 Å². The Balaban J connectivity index is 3.19. The van der Waals surface area contributed by atoms with Gasteiger partial charge in [-0.1, -0.05) is 12.1 Å². The first-order chi connectivity index (χ1) is 8.82. The normalized spacial score (nSPS) is 11.3. The molecule has 0 atom stereocenters. The molecule has 0 radical (unpaired) electrons. The number of hydrogen-bond donors (Lipinski definition) is 0. The van der Waals surface area contributed by atoms with Crippen LogP contribution in [-0.2, 0) is 0 Å². The zero-order valence-corrected chi connectivity index (χ0v) is 13.0. The van der Waals surface area contributed by atoms with Gasteiger partial charge in [0.05, 0.1) is 5.56 Å². The minimum absolute atomic E-state index is 0.0142. The van der Waals surface area contributed by atoms with Crippen LogP contribution in [0.15, 0.2) is 24.3 Å². The van der Waals surface area contributed by atoms with Crippen molar-refractivity contribution in [3.63, 3.8) is 0 Å². The highest BCUT2D eigenvalue weighted by Gasteiger charge is 2.23. The highest BCUT2D eigenvalue weighted by Crippen LogP contribution is 2.26. The molecule has 0 N–H and O–H groups in total. The molecule has 1 aromatic carbocycles. The van der Waals surface area contributed by atoms with Crippen molar-refractivity contribution in [1.29, 1.82) is 0 Å². The Morgan fingerprint density at radius 2 is 1.63 bits per heavy atom. The Labute approximate surface area is 117 Å². The van der Waals surface area contributed by atoms with Crippen LogP contribution >= 0.6 is 0 Å². The number of hydrogen-bond acceptors (Lipinski definition) is 2. The van der Waals surface area contributed by atoms with Crippen LogP contribution in [0.25, 0.3) is 0 Å². The predicted molar refractivity (Wildman–Crippen MR) is 81.8 cm³/mol. The van der Waals surface area contributed by atoms with Gasteiger partial charge in [-0.25, -0.2) is 0 Å². The van der Waals surface area contributed by atoms with Crippen molar-refractivity contribution >= 4 is 11.6 Å². The molecule has 0 saturated heterocycles. The van der Waals surface area contributed by atoms with Crippen LogP contribution in [0, 0.1) is 0 Å². The zero-order chi connectivity index (χ0) is 14.6. The summed E-state index contributed by atoms with van der Waals surface area (Å²) in [6.07, 6.45) is 0. The zero-order valence-electron chi connectivity index (χ0n) is 13.0. The second-order valence-electron chi connectivity index (χ2n) is 5.72. The first-order valence-electron chi connectivity index (χ1n) is 6.95. The van der Waals surface area contributed by atoms with Crippen LogP contribution in [-0.4, -0.2) is 36.5 Å². The fourth-order valence-electron chi connectivity index (χ4n) is 1.99. The molecule has 1 aromatic rings. The van der Waals surface area contributed by atoms with Crippen molar-refractivity contribution in [2.75, 3.05) is 25.0 Å². The van der Waals surface area contributed by atoms with Gasteiger partial charge in [-0.2, -0.15) is 0 Å². The molecular formula is C16H26N2O. The smallest absolute Gasteiger partial charge is 0.255 e. The molecule has 3 nitrogen and oxygen atoms in total. The Morgan fingerprint density at radius 1 is 1.11 bits per heavy atom. The second-order valence-corrected chi connectivity index (χ2v) is 5.72. The monoisotopic (exact) mass is 262 g/mol. The van der Waals surface area contributed by atoms with E-state index >= 15 is 0 Å². The quantitative estimate of drug-likeness (QED) is 0.830. The maximum atomic E-state index is 12.6. The molecule has 0 bridgehead atoms. The number of amides is 1. The van der Waals surface area contributed by atoms with Crippen LogP contribution in [0.5, 0.6) is 0 Å². The molecule has 0 aliphatic carbocycles. The SMILES string of the molecule is CCN(CC)C(=O)c1ccccc1N(C)C(C)(C)C. The van der Waals surface area contributed by atoms with Crippen molar-refractivity contribution < 1.29 is 4.79 Å². The van der Waals surface area contributed by atoms with Gasteiger partial charge in [0.1, 0.15) is 0 Å². The molecule has 1 rings (SSSR count). The highest BCUT2D eigenvalue weighted by molar-refractivity contribution is 5.99. The third kappa shape index (κ3) is 3.49. The molecule has 0 aliphatic heterocycles. The summed E-state index contributed by atoms with van der Waals surface area (Å²) in [4.78, 5) is 16.6. The molecular weight excluding hydrogens is 236 g/mol. The lowest BCUT2D eigenvalue weighted by molar-refractivity contribution is 0.0773. The molecule has 0 aromatic heterocycles. The van der Waals surface area contributed by atoms with Crippen molar-refractivity contribution in [3.05, 3.63) is 29.8 Å². The van der Waals surface area contributed by atoms with E-state index in [-0.39, 0.29) is 11.4 Å². The number of anilines is 1. The Kier molecular flexibility index (Phi) is 4.98. The van der Waals surface area contributed by atoms with Gasteiger partial charge in [0.2, 0.25) is 0 Å². The number of carbonyl (C=O) groups excluding carboxylic acids is 1. The van der Waals surface area contributed by atoms with Gasteiger partial charge in [0.15, 0.2) is 0 Å². The van der Waals surface area contributed by atoms with E-state index in [0.29, 0.717) is 0 Å². The maximum absolute atomic E-state index is 12.6. The second kappa shape index (κ2) is 6.09. The lowest BCUT2D eigenvalue weighted by atomic mass is 10.0. The van der Waals surface area contributed by atoms with Gasteiger partial charge in [0.25, 0.3) is 5.91 Å². The molecule has 0 aliphatic rings. The number of nitrogens with zero attached hydrogens (tertiary/aromatic N) is 2. The lowest BCUT2D eigenvalue weighted by Crippen LogP contribution is -2.40. The van der Waals surface area contributed by atoms with Gasteiger partial charge in [-0.15, -0.1) is 0 Å². The lowest BCUT2D eigenvalue weighted by Gasteiger charge is -2.35. The van der Waals surface area contributed by atoms with Crippen LogP contribution in [0.3, 0.4) is 0 Å². The summed E-state index contributed by atoms with van der Waals surface area (Å²) in [5.41, 5.74) is 1.76. The average Bonchev–Trinajstić information content (AvgIpc) is 2.38. The summed E-state index contributed by atoms with van der Waals surface area (Å²) < 4.78 is 0. The van der Waals surface area contributed by atoms with Gasteiger partial charge in [0, 0.05) is 31.4 Å². The molecule has 0 saturated carbocycles. The first kappa shape index (κ1) is 15.5. The van der Waals surface area contributed by atoms with Gasteiger partial charge in [-0.05, 0) is 46.8 Å². The third-order valence-corrected chi connectivity index (χ3v) is 3.55. The number of benzene rings is 1. The molecule has 0 heterocycles. The van der Waals surface area contributed by atoms with E-state index in [2.05, 4.69) is 25.7 Å². The van der Waals surface area contributed by atoms with E-state index < -0.39 is 0 Å². The number of carbonyl (C=O) groups is 1. The Morgan fingerprint density at radius 3 is 2.11 bits per heavy atom. The Hall–Kier alpha value is -1.51. The van der Waals surface area contributed by atoms with E-state index in [1.807, 2.05) is 50.1 Å². The highest BCUT2D eigenvalue weighted by atomic mass is 16.2. The van der Waals surface area contributed by atoms with Gasteiger partial charge < -0.3 is 9.80 Å². The van der Waals surface area contributed by atoms with Crippen molar-refractivity contribution in [3.8, 4) is 0 Å². The summed E-state index contributed by atoms with van der Waals surface area (Å²) >= 11 is 0. The fourth-order valence-corrected chi connectivity index (χ4v) is 1.99. The summed E-state index contributed by atoms with van der Waals surface area (Å²) in [5.74, 6) is 0.108.